The first-order chi connectivity index (χ1) is 14.8. The van der Waals surface area contributed by atoms with Crippen LogP contribution in [0.25, 0.3) is 11.5 Å². The van der Waals surface area contributed by atoms with E-state index in [0.29, 0.717) is 43.4 Å². The highest BCUT2D eigenvalue weighted by atomic mass is 35.5. The van der Waals surface area contributed by atoms with Crippen LogP contribution in [0.3, 0.4) is 0 Å². The molecule has 1 aromatic carbocycles. The zero-order chi connectivity index (χ0) is 22.7. The van der Waals surface area contributed by atoms with Gasteiger partial charge in [0.2, 0.25) is 11.8 Å². The summed E-state index contributed by atoms with van der Waals surface area (Å²) in [6, 6.07) is 9.21. The molecule has 0 bridgehead atoms. The van der Waals surface area contributed by atoms with Crippen molar-refractivity contribution < 1.29 is 18.7 Å². The van der Waals surface area contributed by atoms with E-state index in [0.717, 1.165) is 11.3 Å². The number of benzene rings is 1. The summed E-state index contributed by atoms with van der Waals surface area (Å²) >= 11 is 7.11. The Morgan fingerprint density at radius 2 is 2.10 bits per heavy atom. The number of ether oxygens (including phenoxy) is 1. The first-order valence-corrected chi connectivity index (χ1v) is 10.7. The van der Waals surface area contributed by atoms with Crippen molar-refractivity contribution in [2.75, 3.05) is 11.5 Å². The van der Waals surface area contributed by atoms with Gasteiger partial charge in [0.1, 0.15) is 27.4 Å². The largest absolute Gasteiger partial charge is 0.462 e. The minimum Gasteiger partial charge on any atom is -0.462 e. The SMILES string of the molecule is CCOC(=O)c1sc(N(Cc2nc(-c3cccc(Cl)c3)oc2C)C(C)=O)c(C#N)c1C. The predicted octanol–water partition coefficient (Wildman–Crippen LogP) is 5.27. The van der Waals surface area contributed by atoms with Crippen LogP contribution in [-0.2, 0) is 16.1 Å². The van der Waals surface area contributed by atoms with Crippen molar-refractivity contribution in [1.29, 1.82) is 5.26 Å². The Balaban J connectivity index is 2.00. The molecule has 2 heterocycles. The maximum absolute atomic E-state index is 12.5. The van der Waals surface area contributed by atoms with Gasteiger partial charge in [0, 0.05) is 17.5 Å². The molecule has 0 unspecified atom stereocenters. The van der Waals surface area contributed by atoms with Crippen LogP contribution in [-0.4, -0.2) is 23.5 Å². The second kappa shape index (κ2) is 9.33. The number of hydrogen-bond acceptors (Lipinski definition) is 7. The smallest absolute Gasteiger partial charge is 0.348 e. The maximum Gasteiger partial charge on any atom is 0.348 e. The Kier molecular flexibility index (Phi) is 6.78. The molecule has 1 amide bonds. The number of hydrogen-bond donors (Lipinski definition) is 0. The number of aryl methyl sites for hydroxylation is 1. The Morgan fingerprint density at radius 1 is 1.35 bits per heavy atom. The molecule has 2 aromatic heterocycles. The molecule has 0 aliphatic rings. The van der Waals surface area contributed by atoms with Crippen LogP contribution in [0.1, 0.15) is 46.1 Å². The van der Waals surface area contributed by atoms with Crippen molar-refractivity contribution in [1.82, 2.24) is 4.98 Å². The molecule has 160 valence electrons. The zero-order valence-corrected chi connectivity index (χ0v) is 19.1. The van der Waals surface area contributed by atoms with Crippen LogP contribution >= 0.6 is 22.9 Å². The van der Waals surface area contributed by atoms with Gasteiger partial charge in [-0.25, -0.2) is 9.78 Å². The van der Waals surface area contributed by atoms with Crippen LogP contribution in [0.2, 0.25) is 5.02 Å². The van der Waals surface area contributed by atoms with Gasteiger partial charge < -0.3 is 9.15 Å². The molecule has 0 saturated carbocycles. The van der Waals surface area contributed by atoms with Gasteiger partial charge in [0.15, 0.2) is 0 Å². The number of rotatable bonds is 6. The molecule has 0 spiro atoms. The van der Waals surface area contributed by atoms with Crippen molar-refractivity contribution in [3.8, 4) is 17.5 Å². The molecule has 0 N–H and O–H groups in total. The second-order valence-corrected chi connectivity index (χ2v) is 8.14. The number of oxazole rings is 1. The number of halogens is 1. The van der Waals surface area contributed by atoms with Crippen LogP contribution in [0.5, 0.6) is 0 Å². The second-order valence-electron chi connectivity index (χ2n) is 6.71. The number of aromatic nitrogens is 1. The minimum absolute atomic E-state index is 0.0854. The van der Waals surface area contributed by atoms with Gasteiger partial charge in [-0.15, -0.1) is 11.3 Å². The van der Waals surface area contributed by atoms with Crippen LogP contribution in [0.15, 0.2) is 28.7 Å². The molecule has 0 fully saturated rings. The lowest BCUT2D eigenvalue weighted by atomic mass is 10.1. The number of carbonyl (C=O) groups excluding carboxylic acids is 2. The number of esters is 1. The quantitative estimate of drug-likeness (QED) is 0.467. The number of thiophene rings is 1. The molecule has 0 aliphatic carbocycles. The number of amides is 1. The van der Waals surface area contributed by atoms with Gasteiger partial charge in [-0.05, 0) is 44.5 Å². The van der Waals surface area contributed by atoms with Crippen molar-refractivity contribution >= 4 is 39.8 Å². The topological polar surface area (TPSA) is 96.4 Å². The number of nitriles is 1. The lowest BCUT2D eigenvalue weighted by Crippen LogP contribution is -2.28. The Hall–Kier alpha value is -3.15. The van der Waals surface area contributed by atoms with E-state index in [1.807, 2.05) is 6.07 Å². The first-order valence-electron chi connectivity index (χ1n) is 9.47. The minimum atomic E-state index is -0.517. The highest BCUT2D eigenvalue weighted by molar-refractivity contribution is 7.18. The van der Waals surface area contributed by atoms with E-state index < -0.39 is 5.97 Å². The van der Waals surface area contributed by atoms with E-state index in [1.54, 1.807) is 39.0 Å². The Morgan fingerprint density at radius 3 is 2.71 bits per heavy atom. The summed E-state index contributed by atoms with van der Waals surface area (Å²) in [6.45, 7) is 6.83. The summed E-state index contributed by atoms with van der Waals surface area (Å²) in [5.41, 5.74) is 2.01. The fourth-order valence-corrected chi connectivity index (χ4v) is 4.39. The summed E-state index contributed by atoms with van der Waals surface area (Å²) in [5, 5.41) is 10.6. The number of anilines is 1. The third-order valence-electron chi connectivity index (χ3n) is 4.60. The monoisotopic (exact) mass is 457 g/mol. The normalized spacial score (nSPS) is 10.6. The molecule has 31 heavy (non-hydrogen) atoms. The fraction of sp³-hybridized carbons (Fsp3) is 0.273. The van der Waals surface area contributed by atoms with E-state index in [4.69, 9.17) is 20.8 Å². The maximum atomic E-state index is 12.5. The lowest BCUT2D eigenvalue weighted by molar-refractivity contribution is -0.116. The van der Waals surface area contributed by atoms with Crippen LogP contribution < -0.4 is 4.90 Å². The lowest BCUT2D eigenvalue weighted by Gasteiger charge is -2.18. The third kappa shape index (κ3) is 4.63. The third-order valence-corrected chi connectivity index (χ3v) is 6.13. The molecule has 3 rings (SSSR count). The van der Waals surface area contributed by atoms with Crippen LogP contribution in [0.4, 0.5) is 5.00 Å². The molecule has 0 aliphatic heterocycles. The molecule has 0 atom stereocenters. The van der Waals surface area contributed by atoms with E-state index in [9.17, 15) is 14.9 Å². The van der Waals surface area contributed by atoms with Gasteiger partial charge in [0.05, 0.1) is 18.7 Å². The highest BCUT2D eigenvalue weighted by Gasteiger charge is 2.27. The average Bonchev–Trinajstić information content (AvgIpc) is 3.25. The van der Waals surface area contributed by atoms with Crippen molar-refractivity contribution in [2.45, 2.75) is 34.2 Å². The average molecular weight is 458 g/mol. The molecule has 0 saturated heterocycles. The summed E-state index contributed by atoms with van der Waals surface area (Å²) < 4.78 is 10.9. The van der Waals surface area contributed by atoms with E-state index in [1.165, 1.54) is 11.8 Å². The summed E-state index contributed by atoms with van der Waals surface area (Å²) in [4.78, 5) is 31.0. The van der Waals surface area contributed by atoms with E-state index >= 15 is 0 Å². The Bertz CT molecular complexity index is 1190. The van der Waals surface area contributed by atoms with Gasteiger partial charge in [0.25, 0.3) is 0 Å². The summed E-state index contributed by atoms with van der Waals surface area (Å²) in [6.07, 6.45) is 0. The van der Waals surface area contributed by atoms with Gasteiger partial charge in [-0.1, -0.05) is 17.7 Å². The van der Waals surface area contributed by atoms with Gasteiger partial charge in [-0.2, -0.15) is 5.26 Å². The zero-order valence-electron chi connectivity index (χ0n) is 17.5. The number of carbonyl (C=O) groups is 2. The number of nitrogens with zero attached hydrogens (tertiary/aromatic N) is 3. The molecule has 9 heteroatoms. The molecule has 3 aromatic rings. The fourth-order valence-electron chi connectivity index (χ4n) is 3.01. The predicted molar refractivity (Wildman–Crippen MR) is 118 cm³/mol. The van der Waals surface area contributed by atoms with E-state index in [-0.39, 0.29) is 24.6 Å². The first kappa shape index (κ1) is 22.5. The summed E-state index contributed by atoms with van der Waals surface area (Å²) in [7, 11) is 0. The van der Waals surface area contributed by atoms with Gasteiger partial charge in [-0.3, -0.25) is 9.69 Å². The van der Waals surface area contributed by atoms with Crippen LogP contribution in [0, 0.1) is 25.2 Å². The molecular formula is C22H20ClN3O4S. The molecule has 7 nitrogen and oxygen atoms in total. The van der Waals surface area contributed by atoms with Crippen molar-refractivity contribution in [3.05, 3.63) is 56.7 Å². The Labute approximate surface area is 188 Å². The van der Waals surface area contributed by atoms with Gasteiger partial charge >= 0.3 is 5.97 Å². The standard InChI is InChI=1S/C22H20ClN3O4S/c1-5-29-22(28)19-12(2)17(10-24)21(31-19)26(14(4)27)11-18-13(3)30-20(25-18)15-7-6-8-16(23)9-15/h6-9H,5,11H2,1-4H3. The highest BCUT2D eigenvalue weighted by Crippen LogP contribution is 2.37. The molecular weight excluding hydrogens is 438 g/mol. The van der Waals surface area contributed by atoms with Crippen molar-refractivity contribution in [2.24, 2.45) is 0 Å². The molecule has 0 radical (unpaired) electrons. The summed E-state index contributed by atoms with van der Waals surface area (Å²) in [5.74, 6) is 0.115. The van der Waals surface area contributed by atoms with E-state index in [2.05, 4.69) is 11.1 Å². The van der Waals surface area contributed by atoms with Crippen molar-refractivity contribution in [3.63, 3.8) is 0 Å².